The van der Waals surface area contributed by atoms with E-state index in [0.29, 0.717) is 23.8 Å². The van der Waals surface area contributed by atoms with E-state index in [-0.39, 0.29) is 11.8 Å². The van der Waals surface area contributed by atoms with Crippen molar-refractivity contribution in [1.29, 1.82) is 0 Å². The van der Waals surface area contributed by atoms with Crippen molar-refractivity contribution < 1.29 is 18.8 Å². The number of nitrogens with zero attached hydrogens (tertiary/aromatic N) is 4. The third kappa shape index (κ3) is 4.59. The van der Waals surface area contributed by atoms with Crippen LogP contribution >= 0.6 is 0 Å². The summed E-state index contributed by atoms with van der Waals surface area (Å²) in [6, 6.07) is 8.68. The number of ether oxygens (including phenoxy) is 2. The lowest BCUT2D eigenvalue weighted by molar-refractivity contribution is -0.125. The number of hydrogen-bond donors (Lipinski definition) is 1. The van der Waals surface area contributed by atoms with E-state index in [4.69, 9.17) is 14.0 Å². The fraction of sp³-hybridized carbons (Fsp3) is 0.609. The lowest BCUT2D eigenvalue weighted by Crippen LogP contribution is -2.48. The van der Waals surface area contributed by atoms with Gasteiger partial charge in [0.05, 0.1) is 26.4 Å². The van der Waals surface area contributed by atoms with Gasteiger partial charge >= 0.3 is 6.01 Å². The highest BCUT2D eigenvalue weighted by Crippen LogP contribution is 2.26. The van der Waals surface area contributed by atoms with Crippen molar-refractivity contribution in [3.05, 3.63) is 24.3 Å². The third-order valence-corrected chi connectivity index (χ3v) is 6.92. The van der Waals surface area contributed by atoms with Crippen molar-refractivity contribution in [2.75, 3.05) is 57.9 Å². The van der Waals surface area contributed by atoms with Crippen LogP contribution in [0.3, 0.4) is 0 Å². The first-order chi connectivity index (χ1) is 15.7. The summed E-state index contributed by atoms with van der Waals surface area (Å²) < 4.78 is 16.0. The standard InChI is InChI=1S/C23H31N5O4/c1-30-20-4-2-17(3-5-20)21-25-23(32-26-21)27-10-7-18(8-11-27)22(29)24-12-16-6-9-28(13-16)19-14-31-15-19/h2-5,16,18-19H,6-15H2,1H3,(H,24,29). The Kier molecular flexibility index (Phi) is 6.27. The Morgan fingerprint density at radius 1 is 1.16 bits per heavy atom. The summed E-state index contributed by atoms with van der Waals surface area (Å²) in [7, 11) is 1.64. The van der Waals surface area contributed by atoms with Crippen LogP contribution in [0.5, 0.6) is 5.75 Å². The first-order valence-corrected chi connectivity index (χ1v) is 11.5. The Bertz CT molecular complexity index is 905. The minimum absolute atomic E-state index is 0.0489. The van der Waals surface area contributed by atoms with Crippen molar-refractivity contribution in [2.24, 2.45) is 11.8 Å². The third-order valence-electron chi connectivity index (χ3n) is 6.92. The fourth-order valence-electron chi connectivity index (χ4n) is 4.72. The molecule has 1 aromatic heterocycles. The molecule has 1 N–H and O–H groups in total. The topological polar surface area (TPSA) is 93.0 Å². The Morgan fingerprint density at radius 2 is 1.94 bits per heavy atom. The van der Waals surface area contributed by atoms with Crippen LogP contribution in [-0.2, 0) is 9.53 Å². The van der Waals surface area contributed by atoms with Gasteiger partial charge in [-0.1, -0.05) is 5.16 Å². The molecule has 0 bridgehead atoms. The molecule has 5 rings (SSSR count). The maximum absolute atomic E-state index is 12.7. The average Bonchev–Trinajstić information content (AvgIpc) is 3.47. The molecule has 0 radical (unpaired) electrons. The summed E-state index contributed by atoms with van der Waals surface area (Å²) in [5.41, 5.74) is 0.880. The van der Waals surface area contributed by atoms with Gasteiger partial charge in [0.2, 0.25) is 11.7 Å². The Labute approximate surface area is 188 Å². The van der Waals surface area contributed by atoms with Gasteiger partial charge < -0.3 is 24.2 Å². The number of carbonyl (C=O) groups is 1. The molecule has 1 atom stereocenters. The molecule has 172 valence electrons. The van der Waals surface area contributed by atoms with Gasteiger partial charge in [-0.3, -0.25) is 9.69 Å². The van der Waals surface area contributed by atoms with Gasteiger partial charge in [0.1, 0.15) is 5.75 Å². The Balaban J connectivity index is 1.07. The second kappa shape index (κ2) is 9.46. The van der Waals surface area contributed by atoms with Crippen LogP contribution < -0.4 is 15.0 Å². The number of nitrogens with one attached hydrogen (secondary N) is 1. The second-order valence-electron chi connectivity index (χ2n) is 8.98. The van der Waals surface area contributed by atoms with Gasteiger partial charge in [-0.2, -0.15) is 4.98 Å². The number of anilines is 1. The number of hydrogen-bond acceptors (Lipinski definition) is 8. The molecule has 3 aliphatic rings. The van der Waals surface area contributed by atoms with Crippen LogP contribution in [-0.4, -0.2) is 80.0 Å². The van der Waals surface area contributed by atoms with E-state index < -0.39 is 0 Å². The molecule has 9 nitrogen and oxygen atoms in total. The zero-order chi connectivity index (χ0) is 21.9. The zero-order valence-electron chi connectivity index (χ0n) is 18.5. The maximum Gasteiger partial charge on any atom is 0.324 e. The summed E-state index contributed by atoms with van der Waals surface area (Å²) in [5.74, 6) is 2.12. The predicted molar refractivity (Wildman–Crippen MR) is 119 cm³/mol. The number of carbonyl (C=O) groups excluding carboxylic acids is 1. The van der Waals surface area contributed by atoms with Crippen molar-refractivity contribution in [3.8, 4) is 17.1 Å². The van der Waals surface area contributed by atoms with Gasteiger partial charge in [-0.15, -0.1) is 0 Å². The smallest absolute Gasteiger partial charge is 0.324 e. The molecule has 4 heterocycles. The number of rotatable bonds is 7. The number of likely N-dealkylation sites (tertiary alicyclic amines) is 1. The molecule has 32 heavy (non-hydrogen) atoms. The monoisotopic (exact) mass is 441 g/mol. The molecule has 0 aliphatic carbocycles. The highest BCUT2D eigenvalue weighted by Gasteiger charge is 2.33. The zero-order valence-corrected chi connectivity index (χ0v) is 18.5. The lowest BCUT2D eigenvalue weighted by Gasteiger charge is -2.34. The number of amides is 1. The number of aromatic nitrogens is 2. The van der Waals surface area contributed by atoms with Crippen LogP contribution in [0.1, 0.15) is 19.3 Å². The van der Waals surface area contributed by atoms with E-state index in [9.17, 15) is 4.79 Å². The van der Waals surface area contributed by atoms with Crippen molar-refractivity contribution in [1.82, 2.24) is 20.4 Å². The molecule has 0 saturated carbocycles. The molecule has 3 fully saturated rings. The number of benzene rings is 1. The largest absolute Gasteiger partial charge is 0.497 e. The van der Waals surface area contributed by atoms with E-state index in [2.05, 4.69) is 25.3 Å². The fourth-order valence-corrected chi connectivity index (χ4v) is 4.72. The Morgan fingerprint density at radius 3 is 2.62 bits per heavy atom. The maximum atomic E-state index is 12.7. The van der Waals surface area contributed by atoms with Gasteiger partial charge in [0.25, 0.3) is 0 Å². The quantitative estimate of drug-likeness (QED) is 0.695. The van der Waals surface area contributed by atoms with E-state index in [1.807, 2.05) is 24.3 Å². The highest BCUT2D eigenvalue weighted by atomic mass is 16.5. The minimum atomic E-state index is 0.0489. The minimum Gasteiger partial charge on any atom is -0.497 e. The summed E-state index contributed by atoms with van der Waals surface area (Å²) in [4.78, 5) is 21.8. The molecule has 1 aromatic carbocycles. The molecule has 1 amide bonds. The predicted octanol–water partition coefficient (Wildman–Crippen LogP) is 1.80. The van der Waals surface area contributed by atoms with Crippen molar-refractivity contribution >= 4 is 11.9 Å². The molecule has 0 spiro atoms. The SMILES string of the molecule is COc1ccc(-c2noc(N3CCC(C(=O)NCC4CCN(C5COC5)C4)CC3)n2)cc1. The van der Waals surface area contributed by atoms with E-state index in [0.717, 1.165) is 76.5 Å². The Hall–Kier alpha value is -2.65. The number of piperidine rings is 1. The summed E-state index contributed by atoms with van der Waals surface area (Å²) in [5, 5.41) is 7.32. The molecular formula is C23H31N5O4. The van der Waals surface area contributed by atoms with Crippen LogP contribution in [0.25, 0.3) is 11.4 Å². The normalized spacial score (nSPS) is 22.7. The van der Waals surface area contributed by atoms with Gasteiger partial charge in [-0.05, 0) is 56.0 Å². The van der Waals surface area contributed by atoms with E-state index >= 15 is 0 Å². The van der Waals surface area contributed by atoms with Crippen molar-refractivity contribution in [3.63, 3.8) is 0 Å². The molecule has 3 aliphatic heterocycles. The summed E-state index contributed by atoms with van der Waals surface area (Å²) in [6.45, 7) is 6.16. The van der Waals surface area contributed by atoms with Gasteiger partial charge in [0, 0.05) is 37.7 Å². The van der Waals surface area contributed by atoms with Gasteiger partial charge in [0.15, 0.2) is 0 Å². The van der Waals surface area contributed by atoms with Gasteiger partial charge in [-0.25, -0.2) is 0 Å². The molecule has 9 heteroatoms. The molecule has 3 saturated heterocycles. The van der Waals surface area contributed by atoms with Crippen LogP contribution in [0.2, 0.25) is 0 Å². The van der Waals surface area contributed by atoms with E-state index in [1.54, 1.807) is 7.11 Å². The highest BCUT2D eigenvalue weighted by molar-refractivity contribution is 5.79. The summed E-state index contributed by atoms with van der Waals surface area (Å²) in [6.07, 6.45) is 2.74. The summed E-state index contributed by atoms with van der Waals surface area (Å²) >= 11 is 0. The molecular weight excluding hydrogens is 410 g/mol. The van der Waals surface area contributed by atoms with Crippen LogP contribution in [0.4, 0.5) is 6.01 Å². The number of methoxy groups -OCH3 is 1. The van der Waals surface area contributed by atoms with Crippen LogP contribution in [0.15, 0.2) is 28.8 Å². The van der Waals surface area contributed by atoms with Crippen LogP contribution in [0, 0.1) is 11.8 Å². The second-order valence-corrected chi connectivity index (χ2v) is 8.98. The average molecular weight is 442 g/mol. The molecule has 2 aromatic rings. The van der Waals surface area contributed by atoms with Crippen molar-refractivity contribution in [2.45, 2.75) is 25.3 Å². The van der Waals surface area contributed by atoms with E-state index in [1.165, 1.54) is 0 Å². The first-order valence-electron chi connectivity index (χ1n) is 11.5. The lowest BCUT2D eigenvalue weighted by atomic mass is 9.96. The first kappa shape index (κ1) is 21.2. The molecule has 1 unspecified atom stereocenters.